The van der Waals surface area contributed by atoms with Gasteiger partial charge >= 0.3 is 6.03 Å². The second-order valence-corrected chi connectivity index (χ2v) is 11.1. The van der Waals surface area contributed by atoms with Gasteiger partial charge in [0.25, 0.3) is 16.1 Å². The minimum atomic E-state index is -3.50. The average Bonchev–Trinajstić information content (AvgIpc) is 3.26. The Bertz CT molecular complexity index is 732. The molecule has 4 fully saturated rings. The zero-order valence-corrected chi connectivity index (χ0v) is 18.1. The van der Waals surface area contributed by atoms with Gasteiger partial charge in [0.15, 0.2) is 0 Å². The predicted octanol–water partition coefficient (Wildman–Crippen LogP) is 2.12. The van der Waals surface area contributed by atoms with Crippen LogP contribution in [0, 0.1) is 5.41 Å². The number of nitrogens with zero attached hydrogens (tertiary/aromatic N) is 2. The minimum Gasteiger partial charge on any atom is -0.323 e. The third kappa shape index (κ3) is 4.18. The molecular formula is C20H34N4O4S. The van der Waals surface area contributed by atoms with Gasteiger partial charge in [0, 0.05) is 26.2 Å². The van der Waals surface area contributed by atoms with Crippen LogP contribution >= 0.6 is 0 Å². The molecule has 3 amide bonds. The van der Waals surface area contributed by atoms with E-state index in [2.05, 4.69) is 10.0 Å². The third-order valence-electron chi connectivity index (χ3n) is 7.58. The number of imide groups is 1. The summed E-state index contributed by atoms with van der Waals surface area (Å²) < 4.78 is 29.5. The Morgan fingerprint density at radius 3 is 2.17 bits per heavy atom. The van der Waals surface area contributed by atoms with Gasteiger partial charge in [0.2, 0.25) is 0 Å². The van der Waals surface area contributed by atoms with Crippen LogP contribution in [0.1, 0.15) is 77.0 Å². The smallest absolute Gasteiger partial charge is 0.323 e. The Balaban J connectivity index is 1.22. The Labute approximate surface area is 173 Å². The van der Waals surface area contributed by atoms with Crippen molar-refractivity contribution in [2.24, 2.45) is 5.41 Å². The van der Waals surface area contributed by atoms with Crippen molar-refractivity contribution >= 4 is 22.1 Å². The first kappa shape index (κ1) is 21.1. The van der Waals surface area contributed by atoms with Gasteiger partial charge < -0.3 is 5.32 Å². The lowest BCUT2D eigenvalue weighted by Crippen LogP contribution is -2.48. The van der Waals surface area contributed by atoms with Gasteiger partial charge in [-0.3, -0.25) is 9.69 Å². The number of piperidine rings is 1. The molecule has 0 unspecified atom stereocenters. The molecule has 4 aliphatic rings. The van der Waals surface area contributed by atoms with Crippen LogP contribution in [-0.4, -0.2) is 61.3 Å². The number of amides is 3. The van der Waals surface area contributed by atoms with Crippen LogP contribution < -0.4 is 10.0 Å². The Kier molecular flexibility index (Phi) is 5.92. The molecule has 8 nitrogen and oxygen atoms in total. The van der Waals surface area contributed by atoms with Crippen LogP contribution in [0.4, 0.5) is 4.79 Å². The van der Waals surface area contributed by atoms with E-state index in [1.54, 1.807) is 4.31 Å². The number of carbonyl (C=O) groups is 2. The van der Waals surface area contributed by atoms with Crippen LogP contribution in [0.25, 0.3) is 0 Å². The first-order chi connectivity index (χ1) is 13.9. The van der Waals surface area contributed by atoms with Crippen molar-refractivity contribution in [1.82, 2.24) is 19.2 Å². The monoisotopic (exact) mass is 426 g/mol. The van der Waals surface area contributed by atoms with Gasteiger partial charge in [0.1, 0.15) is 5.54 Å². The molecule has 0 atom stereocenters. The number of hydrogen-bond donors (Lipinski definition) is 2. The van der Waals surface area contributed by atoms with Crippen molar-refractivity contribution < 1.29 is 18.0 Å². The maximum absolute atomic E-state index is 12.6. The van der Waals surface area contributed by atoms with Crippen LogP contribution in [0.15, 0.2) is 0 Å². The molecule has 2 aliphatic carbocycles. The largest absolute Gasteiger partial charge is 0.325 e. The fraction of sp³-hybridized carbons (Fsp3) is 0.900. The molecule has 164 valence electrons. The van der Waals surface area contributed by atoms with E-state index in [9.17, 15) is 18.0 Å². The van der Waals surface area contributed by atoms with Gasteiger partial charge in [-0.05, 0) is 50.4 Å². The molecule has 0 bridgehead atoms. The molecule has 0 aromatic heterocycles. The van der Waals surface area contributed by atoms with Crippen molar-refractivity contribution in [2.45, 2.75) is 82.6 Å². The second kappa shape index (κ2) is 8.15. The van der Waals surface area contributed by atoms with Gasteiger partial charge in [-0.25, -0.2) is 9.52 Å². The summed E-state index contributed by atoms with van der Waals surface area (Å²) in [5.74, 6) is -0.142. The molecule has 0 radical (unpaired) electrons. The normalized spacial score (nSPS) is 27.1. The molecular weight excluding hydrogens is 392 g/mol. The third-order valence-corrected chi connectivity index (χ3v) is 9.20. The van der Waals surface area contributed by atoms with Crippen LogP contribution in [-0.2, 0) is 15.0 Å². The zero-order valence-electron chi connectivity index (χ0n) is 17.2. The molecule has 2 saturated carbocycles. The highest BCUT2D eigenvalue weighted by Gasteiger charge is 2.52. The Morgan fingerprint density at radius 2 is 1.52 bits per heavy atom. The highest BCUT2D eigenvalue weighted by Crippen LogP contribution is 2.44. The van der Waals surface area contributed by atoms with Crippen LogP contribution in [0.5, 0.6) is 0 Å². The molecule has 2 saturated heterocycles. The summed E-state index contributed by atoms with van der Waals surface area (Å²) >= 11 is 0. The summed E-state index contributed by atoms with van der Waals surface area (Å²) in [6.07, 6.45) is 12.0. The molecule has 9 heteroatoms. The predicted molar refractivity (Wildman–Crippen MR) is 109 cm³/mol. The fourth-order valence-corrected chi connectivity index (χ4v) is 6.98. The van der Waals surface area contributed by atoms with Crippen molar-refractivity contribution in [1.29, 1.82) is 0 Å². The highest BCUT2D eigenvalue weighted by atomic mass is 32.2. The molecule has 29 heavy (non-hydrogen) atoms. The standard InChI is InChI=1S/C20H34N4O4S/c25-17-20(9-4-5-10-20)22-18(26)24(17)14-6-13-21-29(27,28)23-15-11-19(12-16-23)7-2-1-3-8-19/h21H,1-16H2,(H,22,26). The second-order valence-electron chi connectivity index (χ2n) is 9.39. The van der Waals surface area contributed by atoms with Gasteiger partial charge in [-0.2, -0.15) is 12.7 Å². The lowest BCUT2D eigenvalue weighted by molar-refractivity contribution is -0.131. The van der Waals surface area contributed by atoms with Gasteiger partial charge in [-0.1, -0.05) is 32.1 Å². The molecule has 0 aromatic rings. The quantitative estimate of drug-likeness (QED) is 0.502. The van der Waals surface area contributed by atoms with E-state index < -0.39 is 15.7 Å². The molecule has 2 N–H and O–H groups in total. The van der Waals surface area contributed by atoms with E-state index in [0.29, 0.717) is 37.8 Å². The van der Waals surface area contributed by atoms with E-state index in [1.807, 2.05) is 0 Å². The van der Waals surface area contributed by atoms with Crippen molar-refractivity contribution in [3.63, 3.8) is 0 Å². The van der Waals surface area contributed by atoms with Crippen molar-refractivity contribution in [3.8, 4) is 0 Å². The average molecular weight is 427 g/mol. The lowest BCUT2D eigenvalue weighted by Gasteiger charge is -2.43. The highest BCUT2D eigenvalue weighted by molar-refractivity contribution is 7.87. The summed E-state index contributed by atoms with van der Waals surface area (Å²) in [6.45, 7) is 1.65. The molecule has 0 aromatic carbocycles. The Morgan fingerprint density at radius 1 is 0.897 bits per heavy atom. The van der Waals surface area contributed by atoms with E-state index >= 15 is 0 Å². The minimum absolute atomic E-state index is 0.142. The number of urea groups is 1. The van der Waals surface area contributed by atoms with Gasteiger partial charge in [-0.15, -0.1) is 0 Å². The molecule has 2 aliphatic heterocycles. The maximum Gasteiger partial charge on any atom is 0.325 e. The lowest BCUT2D eigenvalue weighted by atomic mass is 9.68. The number of carbonyl (C=O) groups excluding carboxylic acids is 2. The van der Waals surface area contributed by atoms with Crippen molar-refractivity contribution in [3.05, 3.63) is 0 Å². The van der Waals surface area contributed by atoms with E-state index in [4.69, 9.17) is 0 Å². The van der Waals surface area contributed by atoms with Crippen LogP contribution in [0.3, 0.4) is 0 Å². The van der Waals surface area contributed by atoms with E-state index in [1.165, 1.54) is 37.0 Å². The topological polar surface area (TPSA) is 98.8 Å². The SMILES string of the molecule is O=C1NC2(CCCC2)C(=O)N1CCCNS(=O)(=O)N1CCC2(CCCCC2)CC1. The fourth-order valence-electron chi connectivity index (χ4n) is 5.73. The first-order valence-corrected chi connectivity index (χ1v) is 12.7. The summed E-state index contributed by atoms with van der Waals surface area (Å²) in [5.41, 5.74) is -0.330. The molecule has 2 heterocycles. The number of hydrogen-bond acceptors (Lipinski definition) is 4. The summed E-state index contributed by atoms with van der Waals surface area (Å²) in [6, 6.07) is -0.339. The first-order valence-electron chi connectivity index (χ1n) is 11.2. The summed E-state index contributed by atoms with van der Waals surface area (Å²) in [4.78, 5) is 26.1. The number of nitrogens with one attached hydrogen (secondary N) is 2. The number of rotatable bonds is 6. The maximum atomic E-state index is 12.6. The Hall–Kier alpha value is -1.19. The summed E-state index contributed by atoms with van der Waals surface area (Å²) in [5, 5.41) is 2.86. The van der Waals surface area contributed by atoms with Crippen molar-refractivity contribution in [2.75, 3.05) is 26.2 Å². The van der Waals surface area contributed by atoms with E-state index in [-0.39, 0.29) is 25.0 Å². The molecule has 4 rings (SSSR count). The zero-order chi connectivity index (χ0) is 20.5. The van der Waals surface area contributed by atoms with Crippen LogP contribution in [0.2, 0.25) is 0 Å². The van der Waals surface area contributed by atoms with Gasteiger partial charge in [0.05, 0.1) is 0 Å². The van der Waals surface area contributed by atoms with E-state index in [0.717, 1.165) is 25.7 Å². The summed E-state index contributed by atoms with van der Waals surface area (Å²) in [7, 11) is -3.50. The molecule has 2 spiro atoms.